The molecule has 0 aromatic carbocycles. The molecule has 0 spiro atoms. The number of amidine groups is 1. The molecule has 2 amide bonds. The number of halogens is 5. The van der Waals surface area contributed by atoms with E-state index >= 15 is 0 Å². The van der Waals surface area contributed by atoms with Gasteiger partial charge in [-0.05, 0) is 18.4 Å². The number of nitrogens with zero attached hydrogens (tertiary/aromatic N) is 1. The summed E-state index contributed by atoms with van der Waals surface area (Å²) in [6, 6.07) is 0.958. The zero-order valence-electron chi connectivity index (χ0n) is 10.5. The van der Waals surface area contributed by atoms with E-state index in [1.165, 1.54) is 0 Å². The van der Waals surface area contributed by atoms with Gasteiger partial charge < -0.3 is 11.1 Å². The highest BCUT2D eigenvalue weighted by Crippen LogP contribution is 2.46. The van der Waals surface area contributed by atoms with Crippen LogP contribution >= 0.6 is 23.1 Å². The number of aliphatic imine (C=N–C) groups is 1. The fraction of sp³-hybridized carbons (Fsp3) is 0.400. The van der Waals surface area contributed by atoms with Crippen molar-refractivity contribution in [1.82, 2.24) is 5.32 Å². The molecule has 1 rings (SSSR count). The van der Waals surface area contributed by atoms with Crippen molar-refractivity contribution in [1.29, 1.82) is 0 Å². The molecule has 118 valence electrons. The van der Waals surface area contributed by atoms with Crippen LogP contribution in [0.3, 0.4) is 0 Å². The van der Waals surface area contributed by atoms with E-state index in [0.717, 1.165) is 17.8 Å². The molecule has 3 N–H and O–H groups in total. The Morgan fingerprint density at radius 2 is 2.00 bits per heavy atom. The highest BCUT2D eigenvalue weighted by atomic mass is 32.2. The predicted molar refractivity (Wildman–Crippen MR) is 71.6 cm³/mol. The third-order valence-electron chi connectivity index (χ3n) is 2.16. The van der Waals surface area contributed by atoms with E-state index in [1.54, 1.807) is 6.26 Å². The Hall–Kier alpha value is -1.36. The number of urea groups is 1. The Morgan fingerprint density at radius 1 is 1.38 bits per heavy atom. The van der Waals surface area contributed by atoms with Crippen molar-refractivity contribution in [2.75, 3.05) is 6.26 Å². The molecule has 0 aliphatic heterocycles. The number of carbonyl (C=O) groups excluding carboxylic acids is 1. The molecule has 1 heterocycles. The number of hydrogen-bond donors (Lipinski definition) is 2. The lowest BCUT2D eigenvalue weighted by Gasteiger charge is -2.17. The monoisotopic (exact) mass is 347 g/mol. The van der Waals surface area contributed by atoms with Crippen molar-refractivity contribution in [3.8, 4) is 0 Å². The minimum Gasteiger partial charge on any atom is -0.378 e. The van der Waals surface area contributed by atoms with Gasteiger partial charge in [0.1, 0.15) is 0 Å². The van der Waals surface area contributed by atoms with Crippen molar-refractivity contribution in [3.63, 3.8) is 0 Å². The van der Waals surface area contributed by atoms with Crippen LogP contribution in [0.1, 0.15) is 9.75 Å². The number of thioether (sulfide) groups is 1. The summed E-state index contributed by atoms with van der Waals surface area (Å²) in [6.07, 6.45) is -4.06. The number of thiophene rings is 1. The zero-order valence-corrected chi connectivity index (χ0v) is 12.1. The Bertz CT molecular complexity index is 541. The summed E-state index contributed by atoms with van der Waals surface area (Å²) in [7, 11) is 0. The lowest BCUT2D eigenvalue weighted by atomic mass is 10.2. The van der Waals surface area contributed by atoms with Crippen molar-refractivity contribution >= 4 is 34.3 Å². The second-order valence-electron chi connectivity index (χ2n) is 3.65. The van der Waals surface area contributed by atoms with Gasteiger partial charge in [0.25, 0.3) is 0 Å². The molecule has 0 saturated carbocycles. The van der Waals surface area contributed by atoms with Gasteiger partial charge in [-0.15, -0.1) is 11.3 Å². The smallest absolute Gasteiger partial charge is 0.378 e. The van der Waals surface area contributed by atoms with Crippen LogP contribution in [0.5, 0.6) is 0 Å². The van der Waals surface area contributed by atoms with Crippen LogP contribution in [0.4, 0.5) is 26.7 Å². The van der Waals surface area contributed by atoms with E-state index < -0.39 is 23.0 Å². The average Bonchev–Trinajstić information content (AvgIpc) is 2.84. The largest absolute Gasteiger partial charge is 0.458 e. The topological polar surface area (TPSA) is 67.5 Å². The summed E-state index contributed by atoms with van der Waals surface area (Å²) >= 11 is 1.29. The third kappa shape index (κ3) is 4.56. The second kappa shape index (κ2) is 6.60. The summed E-state index contributed by atoms with van der Waals surface area (Å²) in [4.78, 5) is 13.6. The molecule has 0 fully saturated rings. The molecule has 0 aliphatic rings. The van der Waals surface area contributed by atoms with Gasteiger partial charge in [0.15, 0.2) is 5.17 Å². The lowest BCUT2D eigenvalue weighted by Crippen LogP contribution is -2.32. The normalized spacial score (nSPS) is 13.3. The van der Waals surface area contributed by atoms with Crippen LogP contribution < -0.4 is 11.1 Å². The summed E-state index contributed by atoms with van der Waals surface area (Å²) in [5, 5.41) is 2.23. The van der Waals surface area contributed by atoms with Crippen LogP contribution in [0.15, 0.2) is 17.1 Å². The zero-order chi connectivity index (χ0) is 16.3. The Balaban J connectivity index is 2.71. The highest BCUT2D eigenvalue weighted by Gasteiger charge is 2.59. The number of carbonyl (C=O) groups is 1. The molecule has 4 nitrogen and oxygen atoms in total. The molecular formula is C10H10F5N3OS2. The van der Waals surface area contributed by atoms with E-state index in [1.807, 2.05) is 0 Å². The van der Waals surface area contributed by atoms with Crippen molar-refractivity contribution in [2.45, 2.75) is 18.6 Å². The van der Waals surface area contributed by atoms with Gasteiger partial charge in [-0.2, -0.15) is 26.9 Å². The molecule has 0 atom stereocenters. The third-order valence-corrected chi connectivity index (χ3v) is 3.83. The van der Waals surface area contributed by atoms with Gasteiger partial charge in [0, 0.05) is 4.88 Å². The number of nitrogens with two attached hydrogens (primary N) is 1. The molecule has 1 aromatic rings. The molecule has 11 heteroatoms. The molecule has 0 bridgehead atoms. The molecular weight excluding hydrogens is 337 g/mol. The number of hydrogen-bond acceptors (Lipinski definition) is 3. The first-order chi connectivity index (χ1) is 9.57. The van der Waals surface area contributed by atoms with Gasteiger partial charge in [-0.1, -0.05) is 11.8 Å². The van der Waals surface area contributed by atoms with Crippen molar-refractivity contribution in [3.05, 3.63) is 21.9 Å². The van der Waals surface area contributed by atoms with Gasteiger partial charge in [-0.3, -0.25) is 0 Å². The minimum atomic E-state index is -5.66. The summed E-state index contributed by atoms with van der Waals surface area (Å²) in [6.45, 7) is -0.220. The van der Waals surface area contributed by atoms with Gasteiger partial charge in [-0.25, -0.2) is 4.79 Å². The van der Waals surface area contributed by atoms with Crippen LogP contribution in [0.25, 0.3) is 0 Å². The number of nitrogens with one attached hydrogen (secondary N) is 1. The first-order valence-electron chi connectivity index (χ1n) is 5.27. The van der Waals surface area contributed by atoms with Crippen molar-refractivity contribution in [2.24, 2.45) is 10.7 Å². The summed E-state index contributed by atoms with van der Waals surface area (Å²) < 4.78 is 62.6. The standard InChI is InChI=1S/C10H10F5N3OS2/c1-20-7(16)18-8(19)17-4-5-2-3-6(21-5)9(11,12)10(13,14)15/h2-3H,4H2,1H3,(H3,16,17,18,19). The molecule has 0 saturated heterocycles. The number of rotatable bonds is 3. The van der Waals surface area contributed by atoms with E-state index in [-0.39, 0.29) is 27.9 Å². The Morgan fingerprint density at radius 3 is 2.52 bits per heavy atom. The SMILES string of the molecule is CS/C(N)=N/C(=O)NCc1ccc(C(F)(F)C(F)(F)F)s1. The lowest BCUT2D eigenvalue weighted by molar-refractivity contribution is -0.287. The molecule has 1 aromatic heterocycles. The first kappa shape index (κ1) is 17.7. The van der Waals surface area contributed by atoms with Gasteiger partial charge in [0.05, 0.1) is 11.4 Å². The molecule has 0 aliphatic carbocycles. The van der Waals surface area contributed by atoms with E-state index in [2.05, 4.69) is 10.3 Å². The van der Waals surface area contributed by atoms with E-state index in [9.17, 15) is 26.7 Å². The first-order valence-corrected chi connectivity index (χ1v) is 7.31. The maximum absolute atomic E-state index is 13.0. The summed E-state index contributed by atoms with van der Waals surface area (Å²) in [5.74, 6) is -4.92. The quantitative estimate of drug-likeness (QED) is 0.501. The Kier molecular flexibility index (Phi) is 5.56. The predicted octanol–water partition coefficient (Wildman–Crippen LogP) is 3.29. The Labute approximate surface area is 124 Å². The fourth-order valence-corrected chi connectivity index (χ4v) is 2.25. The maximum Gasteiger partial charge on any atom is 0.458 e. The van der Waals surface area contributed by atoms with Crippen LogP contribution in [0.2, 0.25) is 0 Å². The van der Waals surface area contributed by atoms with Gasteiger partial charge in [0.2, 0.25) is 0 Å². The number of amides is 2. The summed E-state index contributed by atoms with van der Waals surface area (Å²) in [5.41, 5.74) is 5.28. The van der Waals surface area contributed by atoms with E-state index in [4.69, 9.17) is 5.73 Å². The fourth-order valence-electron chi connectivity index (χ4n) is 1.13. The van der Waals surface area contributed by atoms with E-state index in [0.29, 0.717) is 6.07 Å². The van der Waals surface area contributed by atoms with Gasteiger partial charge >= 0.3 is 18.1 Å². The maximum atomic E-state index is 13.0. The molecule has 0 unspecified atom stereocenters. The van der Waals surface area contributed by atoms with Crippen LogP contribution in [-0.4, -0.2) is 23.6 Å². The average molecular weight is 347 g/mol. The molecule has 0 radical (unpaired) electrons. The van der Waals surface area contributed by atoms with Crippen LogP contribution in [0, 0.1) is 0 Å². The minimum absolute atomic E-state index is 0.00275. The van der Waals surface area contributed by atoms with Crippen molar-refractivity contribution < 1.29 is 26.7 Å². The highest BCUT2D eigenvalue weighted by molar-refractivity contribution is 8.13. The second-order valence-corrected chi connectivity index (χ2v) is 5.65. The number of alkyl halides is 5. The van der Waals surface area contributed by atoms with Crippen LogP contribution in [-0.2, 0) is 12.5 Å². The molecule has 21 heavy (non-hydrogen) atoms.